The number of halogens is 1. The van der Waals surface area contributed by atoms with Crippen LogP contribution in [-0.4, -0.2) is 37.8 Å². The van der Waals surface area contributed by atoms with Crippen LogP contribution in [0.3, 0.4) is 0 Å². The monoisotopic (exact) mass is 345 g/mol. The first-order valence-electron chi connectivity index (χ1n) is 7.93. The van der Waals surface area contributed by atoms with E-state index in [1.165, 1.54) is 25.6 Å². The van der Waals surface area contributed by atoms with Gasteiger partial charge < -0.3 is 19.7 Å². The molecule has 132 valence electrons. The summed E-state index contributed by atoms with van der Waals surface area (Å²) in [5.41, 5.74) is 1.69. The van der Waals surface area contributed by atoms with Crippen molar-refractivity contribution >= 4 is 17.0 Å². The van der Waals surface area contributed by atoms with Crippen molar-refractivity contribution in [1.29, 1.82) is 0 Å². The third-order valence-electron chi connectivity index (χ3n) is 3.76. The van der Waals surface area contributed by atoms with Crippen molar-refractivity contribution in [3.63, 3.8) is 0 Å². The van der Waals surface area contributed by atoms with Gasteiger partial charge in [0.1, 0.15) is 11.8 Å². The predicted molar refractivity (Wildman–Crippen MR) is 92.0 cm³/mol. The predicted octanol–water partition coefficient (Wildman–Crippen LogP) is 2.53. The average molecular weight is 345 g/mol. The zero-order valence-corrected chi connectivity index (χ0v) is 14.3. The van der Waals surface area contributed by atoms with Crippen LogP contribution in [-0.2, 0) is 6.54 Å². The van der Waals surface area contributed by atoms with Crippen LogP contribution >= 0.6 is 0 Å². The van der Waals surface area contributed by atoms with Crippen molar-refractivity contribution in [1.82, 2.24) is 19.5 Å². The zero-order chi connectivity index (χ0) is 18.0. The molecule has 3 rings (SSSR count). The molecule has 1 unspecified atom stereocenters. The van der Waals surface area contributed by atoms with Gasteiger partial charge in [0, 0.05) is 6.04 Å². The maximum atomic E-state index is 13.8. The van der Waals surface area contributed by atoms with Crippen molar-refractivity contribution in [2.75, 3.05) is 12.4 Å². The molecule has 0 aliphatic carbocycles. The molecule has 2 N–H and O–H groups in total. The summed E-state index contributed by atoms with van der Waals surface area (Å²) in [6.07, 6.45) is 2.13. The van der Waals surface area contributed by atoms with Crippen molar-refractivity contribution in [3.05, 3.63) is 42.2 Å². The molecule has 0 amide bonds. The molecule has 3 aromatic rings. The minimum absolute atomic E-state index is 0.140. The van der Waals surface area contributed by atoms with Crippen molar-refractivity contribution < 1.29 is 14.2 Å². The second-order valence-corrected chi connectivity index (χ2v) is 6.00. The van der Waals surface area contributed by atoms with E-state index in [9.17, 15) is 9.50 Å². The fourth-order valence-electron chi connectivity index (χ4n) is 2.57. The summed E-state index contributed by atoms with van der Waals surface area (Å²) in [7, 11) is 1.40. The quantitative estimate of drug-likeness (QED) is 0.714. The van der Waals surface area contributed by atoms with Gasteiger partial charge in [0.2, 0.25) is 0 Å². The minimum atomic E-state index is -0.908. The highest BCUT2D eigenvalue weighted by Crippen LogP contribution is 2.24. The molecule has 0 saturated heterocycles. The number of aliphatic hydroxyl groups is 1. The van der Waals surface area contributed by atoms with Gasteiger partial charge in [-0.3, -0.25) is 0 Å². The molecule has 1 aromatic carbocycles. The van der Waals surface area contributed by atoms with Gasteiger partial charge >= 0.3 is 0 Å². The molecule has 0 aliphatic heterocycles. The Morgan fingerprint density at radius 1 is 1.28 bits per heavy atom. The lowest BCUT2D eigenvalue weighted by atomic mass is 10.1. The number of ether oxygens (including phenoxy) is 1. The van der Waals surface area contributed by atoms with Gasteiger partial charge in [-0.05, 0) is 31.5 Å². The summed E-state index contributed by atoms with van der Waals surface area (Å²) < 4.78 is 20.4. The number of fused-ring (bicyclic) bond motifs is 1. The lowest BCUT2D eigenvalue weighted by molar-refractivity contribution is 0.157. The van der Waals surface area contributed by atoms with E-state index in [2.05, 4.69) is 20.3 Å². The van der Waals surface area contributed by atoms with Crippen LogP contribution in [0.2, 0.25) is 0 Å². The normalized spacial score (nSPS) is 12.6. The van der Waals surface area contributed by atoms with Crippen molar-refractivity contribution in [2.45, 2.75) is 32.5 Å². The van der Waals surface area contributed by atoms with Gasteiger partial charge in [-0.25, -0.2) is 19.3 Å². The highest BCUT2D eigenvalue weighted by Gasteiger charge is 2.16. The molecule has 25 heavy (non-hydrogen) atoms. The number of benzene rings is 1. The molecule has 2 heterocycles. The van der Waals surface area contributed by atoms with Gasteiger partial charge in [-0.1, -0.05) is 6.07 Å². The number of nitrogens with one attached hydrogen (secondary N) is 1. The second-order valence-electron chi connectivity index (χ2n) is 6.00. The fourth-order valence-corrected chi connectivity index (χ4v) is 2.57. The molecule has 0 fully saturated rings. The van der Waals surface area contributed by atoms with E-state index in [0.717, 1.165) is 0 Å². The summed E-state index contributed by atoms with van der Waals surface area (Å²) in [6.45, 7) is 4.21. The van der Waals surface area contributed by atoms with Crippen LogP contribution in [0.15, 0.2) is 30.9 Å². The topological polar surface area (TPSA) is 85.1 Å². The Balaban J connectivity index is 1.86. The van der Waals surface area contributed by atoms with E-state index >= 15 is 0 Å². The van der Waals surface area contributed by atoms with Gasteiger partial charge in [0.25, 0.3) is 0 Å². The minimum Gasteiger partial charge on any atom is -0.494 e. The molecular weight excluding hydrogens is 325 g/mol. The van der Waals surface area contributed by atoms with Gasteiger partial charge in [0.05, 0.1) is 26.1 Å². The Bertz CT molecular complexity index is 881. The van der Waals surface area contributed by atoms with E-state index in [1.54, 1.807) is 17.0 Å². The number of aliphatic hydroxyl groups excluding tert-OH is 1. The Morgan fingerprint density at radius 2 is 2.08 bits per heavy atom. The van der Waals surface area contributed by atoms with E-state index in [1.807, 2.05) is 13.8 Å². The first-order valence-corrected chi connectivity index (χ1v) is 7.93. The number of nitrogens with zero attached hydrogens (tertiary/aromatic N) is 4. The molecule has 7 nitrogen and oxygen atoms in total. The lowest BCUT2D eigenvalue weighted by Crippen LogP contribution is -2.12. The Hall–Kier alpha value is -2.74. The highest BCUT2D eigenvalue weighted by molar-refractivity contribution is 5.82. The van der Waals surface area contributed by atoms with E-state index in [-0.39, 0.29) is 18.3 Å². The summed E-state index contributed by atoms with van der Waals surface area (Å²) in [6, 6.07) is 4.60. The molecule has 0 saturated carbocycles. The fraction of sp³-hybridized carbons (Fsp3) is 0.353. The molecule has 2 aromatic heterocycles. The molecular formula is C17H20FN5O2. The third-order valence-corrected chi connectivity index (χ3v) is 3.76. The molecule has 8 heteroatoms. The first-order chi connectivity index (χ1) is 12.0. The summed E-state index contributed by atoms with van der Waals surface area (Å²) in [5, 5.41) is 13.7. The number of hydrogen-bond donors (Lipinski definition) is 2. The summed E-state index contributed by atoms with van der Waals surface area (Å²) in [5.74, 6) is 0.269. The number of imidazole rings is 1. The van der Waals surface area contributed by atoms with E-state index in [4.69, 9.17) is 4.74 Å². The standard InChI is InChI=1S/C17H20FN5O2/c1-10(2)22-16-15-17(20-8-19-16)23(9-21-15)7-13(24)11-4-5-14(25-3)12(18)6-11/h4-6,8-10,13,24H,7H2,1-3H3,(H,19,20,22). The van der Waals surface area contributed by atoms with Crippen LogP contribution in [0.5, 0.6) is 5.75 Å². The van der Waals surface area contributed by atoms with Gasteiger partial charge in [-0.15, -0.1) is 0 Å². The van der Waals surface area contributed by atoms with Crippen molar-refractivity contribution in [2.24, 2.45) is 0 Å². The third kappa shape index (κ3) is 3.53. The Labute approximate surface area is 144 Å². The van der Waals surface area contributed by atoms with Crippen LogP contribution in [0.1, 0.15) is 25.5 Å². The van der Waals surface area contributed by atoms with E-state index in [0.29, 0.717) is 22.5 Å². The molecule has 0 spiro atoms. The maximum Gasteiger partial charge on any atom is 0.165 e. The SMILES string of the molecule is COc1ccc(C(O)Cn2cnc3c(NC(C)C)ncnc32)cc1F. The molecule has 0 aliphatic rings. The zero-order valence-electron chi connectivity index (χ0n) is 14.3. The average Bonchev–Trinajstić information content (AvgIpc) is 2.98. The van der Waals surface area contributed by atoms with Crippen LogP contribution in [0, 0.1) is 5.82 Å². The first kappa shape index (κ1) is 17.1. The summed E-state index contributed by atoms with van der Waals surface area (Å²) >= 11 is 0. The van der Waals surface area contributed by atoms with E-state index < -0.39 is 11.9 Å². The maximum absolute atomic E-state index is 13.8. The highest BCUT2D eigenvalue weighted by atomic mass is 19.1. The number of aromatic nitrogens is 4. The molecule has 0 radical (unpaired) electrons. The largest absolute Gasteiger partial charge is 0.494 e. The van der Waals surface area contributed by atoms with Crippen LogP contribution in [0.25, 0.3) is 11.2 Å². The molecule has 0 bridgehead atoms. The van der Waals surface area contributed by atoms with Crippen molar-refractivity contribution in [3.8, 4) is 5.75 Å². The number of methoxy groups -OCH3 is 1. The Morgan fingerprint density at radius 3 is 2.76 bits per heavy atom. The lowest BCUT2D eigenvalue weighted by Gasteiger charge is -2.13. The second kappa shape index (κ2) is 7.02. The number of anilines is 1. The molecule has 1 atom stereocenters. The van der Waals surface area contributed by atoms with Gasteiger partial charge in [-0.2, -0.15) is 0 Å². The number of hydrogen-bond acceptors (Lipinski definition) is 6. The van der Waals surface area contributed by atoms with Gasteiger partial charge in [0.15, 0.2) is 23.0 Å². The summed E-state index contributed by atoms with van der Waals surface area (Å²) in [4.78, 5) is 12.8. The van der Waals surface area contributed by atoms with Crippen LogP contribution < -0.4 is 10.1 Å². The van der Waals surface area contributed by atoms with Crippen LogP contribution in [0.4, 0.5) is 10.2 Å². The Kier molecular flexibility index (Phi) is 4.80. The number of rotatable bonds is 6. The smallest absolute Gasteiger partial charge is 0.165 e.